The van der Waals surface area contributed by atoms with Gasteiger partial charge in [-0.1, -0.05) is 30.4 Å². The van der Waals surface area contributed by atoms with Crippen molar-refractivity contribution in [2.24, 2.45) is 0 Å². The molecular formula is C12H12O2. The number of carbonyl (C=O) groups excluding carboxylic acids is 1. The van der Waals surface area contributed by atoms with E-state index < -0.39 is 0 Å². The Kier molecular flexibility index (Phi) is 2.63. The molecule has 0 amide bonds. The lowest BCUT2D eigenvalue weighted by molar-refractivity contribution is -0.134. The van der Waals surface area contributed by atoms with Crippen LogP contribution < -0.4 is 4.74 Å². The molecule has 14 heavy (non-hydrogen) atoms. The summed E-state index contributed by atoms with van der Waals surface area (Å²) in [4.78, 5) is 11.3. The summed E-state index contributed by atoms with van der Waals surface area (Å²) in [6.07, 6.45) is 6.19. The van der Waals surface area contributed by atoms with Crippen LogP contribution in [0.3, 0.4) is 0 Å². The summed E-state index contributed by atoms with van der Waals surface area (Å²) in [7, 11) is 0. The average molecular weight is 188 g/mol. The Balaban J connectivity index is 2.32. The first-order valence-corrected chi connectivity index (χ1v) is 4.80. The molecule has 0 fully saturated rings. The molecule has 0 saturated heterocycles. The van der Waals surface area contributed by atoms with Crippen molar-refractivity contribution in [3.8, 4) is 5.75 Å². The molecule has 1 heterocycles. The summed E-state index contributed by atoms with van der Waals surface area (Å²) < 4.78 is 5.24. The maximum atomic E-state index is 11.3. The molecule has 0 bridgehead atoms. The van der Waals surface area contributed by atoms with Crippen molar-refractivity contribution in [2.75, 3.05) is 0 Å². The normalized spacial score (nSPS) is 18.4. The van der Waals surface area contributed by atoms with E-state index in [0.717, 1.165) is 18.4 Å². The monoisotopic (exact) mass is 188 g/mol. The summed E-state index contributed by atoms with van der Waals surface area (Å²) in [5.74, 6) is 0.549. The number of fused-ring (bicyclic) bond motifs is 1. The molecule has 0 aromatic heterocycles. The zero-order valence-electron chi connectivity index (χ0n) is 7.90. The molecule has 0 aliphatic carbocycles. The molecule has 72 valence electrons. The molecule has 1 aromatic carbocycles. The molecule has 0 N–H and O–H groups in total. The third kappa shape index (κ3) is 2.02. The summed E-state index contributed by atoms with van der Waals surface area (Å²) in [5, 5.41) is 0. The molecule has 1 aliphatic heterocycles. The largest absolute Gasteiger partial charge is 0.426 e. The second kappa shape index (κ2) is 4.09. The van der Waals surface area contributed by atoms with Gasteiger partial charge in [0.05, 0.1) is 0 Å². The van der Waals surface area contributed by atoms with E-state index in [1.165, 1.54) is 0 Å². The maximum absolute atomic E-state index is 11.3. The topological polar surface area (TPSA) is 26.3 Å². The number of para-hydroxylation sites is 1. The number of carbonyl (C=O) groups is 1. The standard InChI is InChI=1S/C12H12O2/c13-12-9-3-1-2-6-10-7-4-5-8-11(10)14-12/h1-2,4-5,7-8H,3,6,9H2/b2-1-. The van der Waals surface area contributed by atoms with Crippen molar-refractivity contribution in [3.05, 3.63) is 42.0 Å². The molecule has 0 spiro atoms. The van der Waals surface area contributed by atoms with Crippen LogP contribution in [0.1, 0.15) is 18.4 Å². The Bertz CT molecular complexity index is 366. The van der Waals surface area contributed by atoms with Crippen LogP contribution in [0.2, 0.25) is 0 Å². The van der Waals surface area contributed by atoms with Crippen molar-refractivity contribution in [3.63, 3.8) is 0 Å². The fourth-order valence-electron chi connectivity index (χ4n) is 1.48. The van der Waals surface area contributed by atoms with Crippen molar-refractivity contribution in [1.29, 1.82) is 0 Å². The Hall–Kier alpha value is -1.57. The minimum absolute atomic E-state index is 0.149. The van der Waals surface area contributed by atoms with E-state index in [1.54, 1.807) is 0 Å². The van der Waals surface area contributed by atoms with Crippen LogP contribution in [0, 0.1) is 0 Å². The van der Waals surface area contributed by atoms with Gasteiger partial charge in [-0.3, -0.25) is 4.79 Å². The lowest BCUT2D eigenvalue weighted by Crippen LogP contribution is -2.07. The molecule has 0 radical (unpaired) electrons. The van der Waals surface area contributed by atoms with Crippen LogP contribution in [-0.2, 0) is 11.2 Å². The van der Waals surface area contributed by atoms with Gasteiger partial charge in [-0.05, 0) is 24.5 Å². The molecule has 0 saturated carbocycles. The number of hydrogen-bond acceptors (Lipinski definition) is 2. The number of hydrogen-bond donors (Lipinski definition) is 0. The third-order valence-electron chi connectivity index (χ3n) is 2.22. The number of esters is 1. The predicted molar refractivity (Wildman–Crippen MR) is 54.2 cm³/mol. The van der Waals surface area contributed by atoms with Crippen molar-refractivity contribution in [2.45, 2.75) is 19.3 Å². The lowest BCUT2D eigenvalue weighted by Gasteiger charge is -2.06. The van der Waals surface area contributed by atoms with Gasteiger partial charge in [0.25, 0.3) is 0 Å². The van der Waals surface area contributed by atoms with Gasteiger partial charge >= 0.3 is 5.97 Å². The van der Waals surface area contributed by atoms with E-state index >= 15 is 0 Å². The lowest BCUT2D eigenvalue weighted by atomic mass is 10.1. The minimum Gasteiger partial charge on any atom is -0.426 e. The van der Waals surface area contributed by atoms with Crippen LogP contribution in [0.5, 0.6) is 5.75 Å². The van der Waals surface area contributed by atoms with E-state index in [9.17, 15) is 4.79 Å². The number of allylic oxidation sites excluding steroid dienone is 2. The van der Waals surface area contributed by atoms with E-state index in [1.807, 2.05) is 30.3 Å². The first-order chi connectivity index (χ1) is 6.86. The molecule has 1 aliphatic rings. The second-order valence-electron chi connectivity index (χ2n) is 3.30. The van der Waals surface area contributed by atoms with Gasteiger partial charge in [0.15, 0.2) is 0 Å². The highest BCUT2D eigenvalue weighted by atomic mass is 16.5. The van der Waals surface area contributed by atoms with Crippen LogP contribution in [-0.4, -0.2) is 5.97 Å². The van der Waals surface area contributed by atoms with Crippen LogP contribution >= 0.6 is 0 Å². The zero-order valence-corrected chi connectivity index (χ0v) is 7.90. The molecule has 2 nitrogen and oxygen atoms in total. The SMILES string of the molecule is O=C1CC/C=C\Cc2ccccc2O1. The van der Waals surface area contributed by atoms with Crippen molar-refractivity contribution < 1.29 is 9.53 Å². The van der Waals surface area contributed by atoms with Crippen LogP contribution in [0.4, 0.5) is 0 Å². The van der Waals surface area contributed by atoms with Gasteiger partial charge < -0.3 is 4.74 Å². The van der Waals surface area contributed by atoms with E-state index in [4.69, 9.17) is 4.74 Å². The molecule has 2 rings (SSSR count). The van der Waals surface area contributed by atoms with E-state index in [2.05, 4.69) is 6.08 Å². The number of rotatable bonds is 0. The molecule has 0 unspecified atom stereocenters. The predicted octanol–water partition coefficient (Wildman–Crippen LogP) is 2.48. The zero-order chi connectivity index (χ0) is 9.80. The third-order valence-corrected chi connectivity index (χ3v) is 2.22. The van der Waals surface area contributed by atoms with E-state index in [-0.39, 0.29) is 5.97 Å². The molecule has 2 heteroatoms. The Morgan fingerprint density at radius 2 is 2.00 bits per heavy atom. The van der Waals surface area contributed by atoms with Crippen molar-refractivity contribution in [1.82, 2.24) is 0 Å². The quantitative estimate of drug-likeness (QED) is 0.355. The van der Waals surface area contributed by atoms with Gasteiger partial charge in [-0.15, -0.1) is 0 Å². The Morgan fingerprint density at radius 1 is 1.14 bits per heavy atom. The highest BCUT2D eigenvalue weighted by molar-refractivity contribution is 5.73. The minimum atomic E-state index is -0.149. The first-order valence-electron chi connectivity index (χ1n) is 4.80. The van der Waals surface area contributed by atoms with E-state index in [0.29, 0.717) is 12.2 Å². The Labute approximate surface area is 83.2 Å². The van der Waals surface area contributed by atoms with Crippen molar-refractivity contribution >= 4 is 5.97 Å². The van der Waals surface area contributed by atoms with Gasteiger partial charge in [-0.25, -0.2) is 0 Å². The summed E-state index contributed by atoms with van der Waals surface area (Å²) >= 11 is 0. The maximum Gasteiger partial charge on any atom is 0.311 e. The van der Waals surface area contributed by atoms with Gasteiger partial charge in [0.2, 0.25) is 0 Å². The summed E-state index contributed by atoms with van der Waals surface area (Å²) in [6.45, 7) is 0. The average Bonchev–Trinajstić information content (AvgIpc) is 2.27. The van der Waals surface area contributed by atoms with Gasteiger partial charge in [0.1, 0.15) is 5.75 Å². The molecule has 1 aromatic rings. The highest BCUT2D eigenvalue weighted by Crippen LogP contribution is 2.20. The highest BCUT2D eigenvalue weighted by Gasteiger charge is 2.08. The number of benzene rings is 1. The van der Waals surface area contributed by atoms with Crippen LogP contribution in [0.15, 0.2) is 36.4 Å². The Morgan fingerprint density at radius 3 is 2.93 bits per heavy atom. The summed E-state index contributed by atoms with van der Waals surface area (Å²) in [6, 6.07) is 7.66. The smallest absolute Gasteiger partial charge is 0.311 e. The molecule has 0 atom stereocenters. The van der Waals surface area contributed by atoms with Gasteiger partial charge in [0, 0.05) is 6.42 Å². The second-order valence-corrected chi connectivity index (χ2v) is 3.30. The summed E-state index contributed by atoms with van der Waals surface area (Å²) in [5.41, 5.74) is 1.07. The van der Waals surface area contributed by atoms with Crippen LogP contribution in [0.25, 0.3) is 0 Å². The van der Waals surface area contributed by atoms with Gasteiger partial charge in [-0.2, -0.15) is 0 Å². The molecular weight excluding hydrogens is 176 g/mol. The first kappa shape index (κ1) is 9.00. The fourth-order valence-corrected chi connectivity index (χ4v) is 1.48. The number of ether oxygens (including phenoxy) is 1. The fraction of sp³-hybridized carbons (Fsp3) is 0.250.